The lowest BCUT2D eigenvalue weighted by Crippen LogP contribution is -2.11. The zero-order valence-electron chi connectivity index (χ0n) is 16.0. The number of aromatic nitrogens is 2. The van der Waals surface area contributed by atoms with Crippen LogP contribution >= 0.6 is 23.1 Å². The molecule has 0 aliphatic rings. The Bertz CT molecular complexity index is 893. The molecule has 0 radical (unpaired) electrons. The quantitative estimate of drug-likeness (QED) is 0.282. The molecule has 0 aliphatic heterocycles. The van der Waals surface area contributed by atoms with Crippen LogP contribution in [0.3, 0.4) is 0 Å². The molecule has 0 spiro atoms. The van der Waals surface area contributed by atoms with E-state index in [1.165, 1.54) is 22.5 Å². The van der Waals surface area contributed by atoms with E-state index in [0.29, 0.717) is 17.3 Å². The zero-order valence-corrected chi connectivity index (χ0v) is 17.6. The molecule has 146 valence electrons. The van der Waals surface area contributed by atoms with Crippen LogP contribution in [0.25, 0.3) is 0 Å². The highest BCUT2D eigenvalue weighted by Gasteiger charge is 2.11. The van der Waals surface area contributed by atoms with Crippen molar-refractivity contribution in [2.45, 2.75) is 36.8 Å². The van der Waals surface area contributed by atoms with Crippen LogP contribution in [0.1, 0.15) is 41.3 Å². The standard InChI is InChI=1S/C21H23N3O2S2/c1-3-4-13-26-18-11-9-17(10-12-18)19(25)22-20-23-24-21(28-20)27-14-16-7-5-15(2)6-8-16/h5-12H,3-4,13-14H2,1-2H3,(H,22,23,25). The van der Waals surface area contributed by atoms with Crippen molar-refractivity contribution in [1.29, 1.82) is 0 Å². The average molecular weight is 414 g/mol. The largest absolute Gasteiger partial charge is 0.494 e. The Kier molecular flexibility index (Phi) is 7.45. The monoisotopic (exact) mass is 413 g/mol. The molecule has 3 rings (SSSR count). The normalized spacial score (nSPS) is 10.6. The first kappa shape index (κ1) is 20.4. The Hall–Kier alpha value is -2.38. The van der Waals surface area contributed by atoms with Crippen molar-refractivity contribution in [2.75, 3.05) is 11.9 Å². The fourth-order valence-electron chi connectivity index (χ4n) is 2.35. The van der Waals surface area contributed by atoms with E-state index in [1.54, 1.807) is 23.9 Å². The van der Waals surface area contributed by atoms with Gasteiger partial charge in [0.2, 0.25) is 5.13 Å². The number of ether oxygens (including phenoxy) is 1. The average Bonchev–Trinajstić information content (AvgIpc) is 3.15. The van der Waals surface area contributed by atoms with Crippen molar-refractivity contribution in [1.82, 2.24) is 10.2 Å². The summed E-state index contributed by atoms with van der Waals surface area (Å²) in [6, 6.07) is 15.6. The first-order valence-electron chi connectivity index (χ1n) is 9.20. The fourth-order valence-corrected chi connectivity index (χ4v) is 4.06. The molecule has 0 aliphatic carbocycles. The predicted molar refractivity (Wildman–Crippen MR) is 115 cm³/mol. The molecule has 1 amide bonds. The number of hydrogen-bond acceptors (Lipinski definition) is 6. The number of rotatable bonds is 9. The summed E-state index contributed by atoms with van der Waals surface area (Å²) in [6.45, 7) is 4.89. The van der Waals surface area contributed by atoms with Gasteiger partial charge in [0.25, 0.3) is 5.91 Å². The summed E-state index contributed by atoms with van der Waals surface area (Å²) in [4.78, 5) is 12.4. The van der Waals surface area contributed by atoms with E-state index in [0.717, 1.165) is 28.7 Å². The molecule has 0 fully saturated rings. The van der Waals surface area contributed by atoms with Gasteiger partial charge >= 0.3 is 0 Å². The van der Waals surface area contributed by atoms with Gasteiger partial charge in [-0.2, -0.15) is 0 Å². The first-order chi connectivity index (χ1) is 13.6. The van der Waals surface area contributed by atoms with Crippen LogP contribution in [0.15, 0.2) is 52.9 Å². The second-order valence-corrected chi connectivity index (χ2v) is 8.53. The summed E-state index contributed by atoms with van der Waals surface area (Å²) in [6.07, 6.45) is 2.11. The van der Waals surface area contributed by atoms with Crippen LogP contribution in [0, 0.1) is 6.92 Å². The minimum atomic E-state index is -0.202. The van der Waals surface area contributed by atoms with Gasteiger partial charge in [-0.05, 0) is 43.2 Å². The van der Waals surface area contributed by atoms with E-state index in [1.807, 2.05) is 12.1 Å². The van der Waals surface area contributed by atoms with Crippen molar-refractivity contribution in [3.63, 3.8) is 0 Å². The molecule has 0 bridgehead atoms. The van der Waals surface area contributed by atoms with E-state index >= 15 is 0 Å². The Morgan fingerprint density at radius 1 is 1.11 bits per heavy atom. The summed E-state index contributed by atoms with van der Waals surface area (Å²) in [5.74, 6) is 1.39. The number of nitrogens with one attached hydrogen (secondary N) is 1. The highest BCUT2D eigenvalue weighted by molar-refractivity contribution is 8.00. The smallest absolute Gasteiger partial charge is 0.257 e. The van der Waals surface area contributed by atoms with Crippen molar-refractivity contribution in [2.24, 2.45) is 0 Å². The predicted octanol–water partition coefficient (Wildman–Crippen LogP) is 5.57. The van der Waals surface area contributed by atoms with E-state index < -0.39 is 0 Å². The van der Waals surface area contributed by atoms with Gasteiger partial charge in [0.15, 0.2) is 4.34 Å². The van der Waals surface area contributed by atoms with Crippen molar-refractivity contribution >= 4 is 34.1 Å². The number of unbranched alkanes of at least 4 members (excludes halogenated alkanes) is 1. The molecule has 0 saturated heterocycles. The third-order valence-corrected chi connectivity index (χ3v) is 6.04. The second kappa shape index (κ2) is 10.2. The van der Waals surface area contributed by atoms with Gasteiger partial charge in [0.05, 0.1) is 6.61 Å². The summed E-state index contributed by atoms with van der Waals surface area (Å²) < 4.78 is 6.45. The number of nitrogens with zero attached hydrogens (tertiary/aromatic N) is 2. The minimum Gasteiger partial charge on any atom is -0.494 e. The lowest BCUT2D eigenvalue weighted by Gasteiger charge is -2.06. The number of aryl methyl sites for hydroxylation is 1. The number of carbonyl (C=O) groups is 1. The maximum absolute atomic E-state index is 12.4. The van der Waals surface area contributed by atoms with Gasteiger partial charge in [0, 0.05) is 11.3 Å². The number of thioether (sulfide) groups is 1. The molecule has 1 aromatic heterocycles. The molecule has 7 heteroatoms. The van der Waals surface area contributed by atoms with Gasteiger partial charge in [-0.15, -0.1) is 10.2 Å². The summed E-state index contributed by atoms with van der Waals surface area (Å²) in [7, 11) is 0. The number of carbonyl (C=O) groups excluding carboxylic acids is 1. The van der Waals surface area contributed by atoms with E-state index in [4.69, 9.17) is 4.74 Å². The molecule has 1 N–H and O–H groups in total. The van der Waals surface area contributed by atoms with Crippen LogP contribution in [0.2, 0.25) is 0 Å². The highest BCUT2D eigenvalue weighted by Crippen LogP contribution is 2.28. The summed E-state index contributed by atoms with van der Waals surface area (Å²) in [5, 5.41) is 11.5. The summed E-state index contributed by atoms with van der Waals surface area (Å²) in [5.41, 5.74) is 3.04. The topological polar surface area (TPSA) is 64.1 Å². The first-order valence-corrected chi connectivity index (χ1v) is 11.0. The molecule has 1 heterocycles. The summed E-state index contributed by atoms with van der Waals surface area (Å²) >= 11 is 2.99. The van der Waals surface area contributed by atoms with Gasteiger partial charge in [-0.25, -0.2) is 0 Å². The van der Waals surface area contributed by atoms with Gasteiger partial charge in [-0.3, -0.25) is 10.1 Å². The van der Waals surface area contributed by atoms with Crippen LogP contribution < -0.4 is 10.1 Å². The Morgan fingerprint density at radius 2 is 1.86 bits per heavy atom. The van der Waals surface area contributed by atoms with Gasteiger partial charge in [0.1, 0.15) is 5.75 Å². The maximum atomic E-state index is 12.4. The Balaban J connectivity index is 1.51. The van der Waals surface area contributed by atoms with Crippen LogP contribution in [-0.2, 0) is 5.75 Å². The Morgan fingerprint density at radius 3 is 2.57 bits per heavy atom. The van der Waals surface area contributed by atoms with Crippen molar-refractivity contribution in [3.05, 3.63) is 65.2 Å². The van der Waals surface area contributed by atoms with Gasteiger partial charge < -0.3 is 4.74 Å². The number of benzene rings is 2. The minimum absolute atomic E-state index is 0.202. The van der Waals surface area contributed by atoms with Gasteiger partial charge in [-0.1, -0.05) is 66.3 Å². The third kappa shape index (κ3) is 6.07. The van der Waals surface area contributed by atoms with Crippen molar-refractivity contribution in [3.8, 4) is 5.75 Å². The lowest BCUT2D eigenvalue weighted by atomic mass is 10.2. The molecular weight excluding hydrogens is 390 g/mol. The molecule has 0 unspecified atom stereocenters. The molecular formula is C21H23N3O2S2. The zero-order chi connectivity index (χ0) is 19.8. The molecule has 5 nitrogen and oxygen atoms in total. The molecule has 3 aromatic rings. The molecule has 0 saturated carbocycles. The van der Waals surface area contributed by atoms with E-state index in [2.05, 4.69) is 53.6 Å². The number of hydrogen-bond donors (Lipinski definition) is 1. The second-order valence-electron chi connectivity index (χ2n) is 6.33. The molecule has 28 heavy (non-hydrogen) atoms. The number of amides is 1. The van der Waals surface area contributed by atoms with E-state index in [-0.39, 0.29) is 5.91 Å². The molecule has 0 atom stereocenters. The van der Waals surface area contributed by atoms with Crippen LogP contribution in [0.5, 0.6) is 5.75 Å². The SMILES string of the molecule is CCCCOc1ccc(C(=O)Nc2nnc(SCc3ccc(C)cc3)s2)cc1. The maximum Gasteiger partial charge on any atom is 0.257 e. The fraction of sp³-hybridized carbons (Fsp3) is 0.286. The van der Waals surface area contributed by atoms with E-state index in [9.17, 15) is 4.79 Å². The van der Waals surface area contributed by atoms with Crippen molar-refractivity contribution < 1.29 is 9.53 Å². The number of anilines is 1. The molecule has 2 aromatic carbocycles. The van der Waals surface area contributed by atoms with Crippen LogP contribution in [-0.4, -0.2) is 22.7 Å². The highest BCUT2D eigenvalue weighted by atomic mass is 32.2. The third-order valence-electron chi connectivity index (χ3n) is 3.99. The lowest BCUT2D eigenvalue weighted by molar-refractivity contribution is 0.102. The Labute approximate surface area is 173 Å². The van der Waals surface area contributed by atoms with Crippen LogP contribution in [0.4, 0.5) is 5.13 Å².